The average Bonchev–Trinajstić information content (AvgIpc) is 3.06. The highest BCUT2D eigenvalue weighted by molar-refractivity contribution is 7.89. The number of piperidine rings is 1. The molecular weight excluding hydrogens is 338 g/mol. The fourth-order valence-corrected chi connectivity index (χ4v) is 5.82. The number of hydrogen-bond donors (Lipinski definition) is 0. The number of likely N-dealkylation sites (tertiary alicyclic amines) is 1. The van der Waals surface area contributed by atoms with Crippen molar-refractivity contribution in [2.45, 2.75) is 56.4 Å². The molecule has 0 saturated carbocycles. The first kappa shape index (κ1) is 18.8. The lowest BCUT2D eigenvalue weighted by atomic mass is 9.99. The van der Waals surface area contributed by atoms with Crippen molar-refractivity contribution in [2.75, 3.05) is 26.2 Å². The molecule has 0 amide bonds. The third-order valence-corrected chi connectivity index (χ3v) is 7.62. The Morgan fingerprint density at radius 1 is 1.12 bits per heavy atom. The zero-order valence-corrected chi connectivity index (χ0v) is 15.8. The van der Waals surface area contributed by atoms with Crippen molar-refractivity contribution in [1.82, 2.24) is 9.21 Å². The van der Waals surface area contributed by atoms with Crippen LogP contribution >= 0.6 is 0 Å². The standard InChI is InChI=1S/C19H29FN2O2S/c1-16-10-14-21(15-11-16)12-4-6-17-7-5-13-22(17)25(23,24)19-9-3-2-8-18(19)20/h2-3,8-9,16-17H,4-7,10-15H2,1H3/t17-/m0/s1/i20-1. The van der Waals surface area contributed by atoms with E-state index in [0.29, 0.717) is 6.54 Å². The molecule has 140 valence electrons. The summed E-state index contributed by atoms with van der Waals surface area (Å²) in [6.45, 7) is 6.16. The monoisotopic (exact) mass is 367 g/mol. The topological polar surface area (TPSA) is 40.6 Å². The molecule has 25 heavy (non-hydrogen) atoms. The van der Waals surface area contributed by atoms with Crippen LogP contribution in [0.1, 0.15) is 45.4 Å². The van der Waals surface area contributed by atoms with Gasteiger partial charge in [-0.3, -0.25) is 0 Å². The van der Waals surface area contributed by atoms with Crippen LogP contribution in [0.5, 0.6) is 0 Å². The molecule has 2 saturated heterocycles. The van der Waals surface area contributed by atoms with Crippen LogP contribution in [0.4, 0.5) is 4.39 Å². The summed E-state index contributed by atoms with van der Waals surface area (Å²) in [5.74, 6) is 0.170. The molecule has 6 heteroatoms. The summed E-state index contributed by atoms with van der Waals surface area (Å²) in [7, 11) is -3.74. The molecule has 0 aromatic heterocycles. The molecule has 2 aliphatic rings. The van der Waals surface area contributed by atoms with Gasteiger partial charge < -0.3 is 4.90 Å². The third-order valence-electron chi connectivity index (χ3n) is 5.63. The maximum Gasteiger partial charge on any atom is 0.246 e. The van der Waals surface area contributed by atoms with Crippen LogP contribution in [-0.4, -0.2) is 49.8 Å². The van der Waals surface area contributed by atoms with Crippen LogP contribution < -0.4 is 0 Å². The van der Waals surface area contributed by atoms with Gasteiger partial charge in [0.05, 0.1) is 0 Å². The van der Waals surface area contributed by atoms with E-state index in [2.05, 4.69) is 11.8 Å². The molecule has 0 radical (unpaired) electrons. The Balaban J connectivity index is 1.58. The van der Waals surface area contributed by atoms with Gasteiger partial charge in [0.15, 0.2) is 0 Å². The quantitative estimate of drug-likeness (QED) is 0.773. The molecule has 1 aromatic carbocycles. The maximum atomic E-state index is 14.0. The van der Waals surface area contributed by atoms with E-state index in [0.717, 1.165) is 51.2 Å². The van der Waals surface area contributed by atoms with Gasteiger partial charge in [0.25, 0.3) is 0 Å². The van der Waals surface area contributed by atoms with Crippen LogP contribution in [0.15, 0.2) is 29.2 Å². The lowest BCUT2D eigenvalue weighted by molar-refractivity contribution is 0.185. The summed E-state index contributed by atoms with van der Waals surface area (Å²) in [5, 5.41) is 0. The van der Waals surface area contributed by atoms with Gasteiger partial charge in [0.2, 0.25) is 10.0 Å². The number of hydrogen-bond acceptors (Lipinski definition) is 3. The van der Waals surface area contributed by atoms with E-state index in [4.69, 9.17) is 0 Å². The number of benzene rings is 1. The minimum Gasteiger partial charge on any atom is -0.303 e. The Hall–Kier alpha value is -0.980. The second-order valence-corrected chi connectivity index (χ2v) is 9.37. The van der Waals surface area contributed by atoms with Crippen molar-refractivity contribution in [2.24, 2.45) is 5.92 Å². The van der Waals surface area contributed by atoms with Crippen LogP contribution in [0, 0.1) is 11.7 Å². The summed E-state index contributed by atoms with van der Waals surface area (Å²) in [6, 6.07) is 5.70. The van der Waals surface area contributed by atoms with E-state index >= 15 is 0 Å². The molecular formula is C19H29FN2O2S. The normalized spacial score (nSPS) is 24.0. The van der Waals surface area contributed by atoms with Crippen LogP contribution in [0.25, 0.3) is 0 Å². The molecule has 2 heterocycles. The Bertz CT molecular complexity index is 672. The molecule has 2 aliphatic heterocycles. The minimum absolute atomic E-state index is 0.00770. The fourth-order valence-electron chi connectivity index (χ4n) is 4.03. The van der Waals surface area contributed by atoms with Crippen LogP contribution in [-0.2, 0) is 10.0 Å². The van der Waals surface area contributed by atoms with Gasteiger partial charge in [-0.05, 0) is 76.2 Å². The van der Waals surface area contributed by atoms with Crippen LogP contribution in [0.2, 0.25) is 0 Å². The number of halogens is 1. The summed E-state index contributed by atoms with van der Waals surface area (Å²) < 4.78 is 41.2. The average molecular weight is 368 g/mol. The van der Waals surface area contributed by atoms with Crippen LogP contribution in [0.3, 0.4) is 0 Å². The van der Waals surface area contributed by atoms with Crippen molar-refractivity contribution in [3.8, 4) is 0 Å². The molecule has 0 bridgehead atoms. The smallest absolute Gasteiger partial charge is 0.246 e. The SMILES string of the molecule is CC1CCN(CCC[C@H]2CCCN2S(=O)(=O)c2ccccc2[18F])CC1. The molecule has 0 aliphatic carbocycles. The Morgan fingerprint density at radius 3 is 2.56 bits per heavy atom. The van der Waals surface area contributed by atoms with Crippen molar-refractivity contribution < 1.29 is 12.8 Å². The first-order valence-electron chi connectivity index (χ1n) is 9.47. The van der Waals surface area contributed by atoms with Crippen molar-refractivity contribution in [1.29, 1.82) is 0 Å². The van der Waals surface area contributed by atoms with Crippen molar-refractivity contribution >= 4 is 10.0 Å². The van der Waals surface area contributed by atoms with Gasteiger partial charge >= 0.3 is 0 Å². The molecule has 1 atom stereocenters. The van der Waals surface area contributed by atoms with Gasteiger partial charge in [0, 0.05) is 12.6 Å². The van der Waals surface area contributed by atoms with Crippen molar-refractivity contribution in [3.63, 3.8) is 0 Å². The summed E-state index contributed by atoms with van der Waals surface area (Å²) in [5.41, 5.74) is 0. The van der Waals surface area contributed by atoms with E-state index < -0.39 is 15.8 Å². The largest absolute Gasteiger partial charge is 0.303 e. The van der Waals surface area contributed by atoms with E-state index in [1.165, 1.54) is 35.3 Å². The molecule has 0 unspecified atom stereocenters. The zero-order valence-electron chi connectivity index (χ0n) is 15.0. The lowest BCUT2D eigenvalue weighted by Crippen LogP contribution is -2.37. The molecule has 2 fully saturated rings. The number of nitrogens with zero attached hydrogens (tertiary/aromatic N) is 2. The summed E-state index contributed by atoms with van der Waals surface area (Å²) in [6.07, 6.45) is 6.13. The van der Waals surface area contributed by atoms with E-state index in [1.807, 2.05) is 0 Å². The van der Waals surface area contributed by atoms with Gasteiger partial charge in [-0.25, -0.2) is 12.8 Å². The molecule has 0 spiro atoms. The number of sulfonamides is 1. The Kier molecular flexibility index (Phi) is 6.12. The van der Waals surface area contributed by atoms with Gasteiger partial charge in [-0.15, -0.1) is 0 Å². The molecule has 3 rings (SSSR count). The zero-order chi connectivity index (χ0) is 17.9. The lowest BCUT2D eigenvalue weighted by Gasteiger charge is -2.31. The fraction of sp³-hybridized carbons (Fsp3) is 0.684. The van der Waals surface area contributed by atoms with E-state index in [9.17, 15) is 12.8 Å². The first-order valence-corrected chi connectivity index (χ1v) is 10.9. The highest BCUT2D eigenvalue weighted by Gasteiger charge is 2.36. The molecule has 4 nitrogen and oxygen atoms in total. The second kappa shape index (κ2) is 8.14. The number of rotatable bonds is 6. The van der Waals surface area contributed by atoms with E-state index in [1.54, 1.807) is 6.07 Å². The summed E-state index contributed by atoms with van der Waals surface area (Å²) in [4.78, 5) is 2.30. The predicted octanol–water partition coefficient (Wildman–Crippen LogP) is 3.49. The van der Waals surface area contributed by atoms with Crippen molar-refractivity contribution in [3.05, 3.63) is 30.1 Å². The highest BCUT2D eigenvalue weighted by Crippen LogP contribution is 2.30. The van der Waals surface area contributed by atoms with Gasteiger partial charge in [0.1, 0.15) is 10.7 Å². The predicted molar refractivity (Wildman–Crippen MR) is 97.4 cm³/mol. The third kappa shape index (κ3) is 4.41. The molecule has 1 aromatic rings. The Labute approximate surface area is 151 Å². The Morgan fingerprint density at radius 2 is 1.84 bits per heavy atom. The van der Waals surface area contributed by atoms with E-state index in [-0.39, 0.29) is 10.9 Å². The van der Waals surface area contributed by atoms with Gasteiger partial charge in [-0.2, -0.15) is 4.31 Å². The van der Waals surface area contributed by atoms with Gasteiger partial charge in [-0.1, -0.05) is 19.1 Å². The first-order chi connectivity index (χ1) is 12.0. The minimum atomic E-state index is -3.74. The molecule has 0 N–H and O–H groups in total. The maximum absolute atomic E-state index is 14.0. The summed E-state index contributed by atoms with van der Waals surface area (Å²) >= 11 is 0. The highest BCUT2D eigenvalue weighted by atomic mass is 32.2. The second-order valence-electron chi connectivity index (χ2n) is 7.51.